The second-order valence-electron chi connectivity index (χ2n) is 12.5. The molecule has 0 aromatic carbocycles. The van der Waals surface area contributed by atoms with Crippen molar-refractivity contribution in [3.63, 3.8) is 0 Å². The fourth-order valence-electron chi connectivity index (χ4n) is 5.09. The van der Waals surface area contributed by atoms with Crippen LogP contribution < -0.4 is 5.73 Å². The number of carbonyl (C=O) groups is 1. The summed E-state index contributed by atoms with van der Waals surface area (Å²) >= 11 is 0. The molecule has 0 rings (SSSR count). The molecular formula is C37H72NO7P. The quantitative estimate of drug-likeness (QED) is 0.0222. The lowest BCUT2D eigenvalue weighted by Gasteiger charge is -2.19. The SMILES string of the molecule is CCCCCCCCC=CCCCCCCC=CO[C@H](COC(=O)CCCCCCCCCCCCC)COP(=O)(O)OCCN. The van der Waals surface area contributed by atoms with Crippen LogP contribution >= 0.6 is 7.82 Å². The Morgan fingerprint density at radius 1 is 0.652 bits per heavy atom. The monoisotopic (exact) mass is 674 g/mol. The number of hydrogen-bond acceptors (Lipinski definition) is 7. The van der Waals surface area contributed by atoms with E-state index in [0.29, 0.717) is 6.42 Å². The number of allylic oxidation sites excluding steroid dienone is 3. The van der Waals surface area contributed by atoms with Crippen LogP contribution in [0, 0.1) is 0 Å². The standard InChI is InChI=1S/C37H72NO7P/c1-3-5-7-9-11-13-15-16-17-18-19-21-23-25-27-29-32-42-36(35-45-46(40,41)44-33-31-38)34-43-37(39)30-28-26-24-22-20-14-12-10-8-6-4-2/h16-17,29,32,36H,3-15,18-28,30-31,33-35,38H2,1-2H3,(H,40,41)/t36-/m1/s1. The number of phosphoric acid groups is 1. The number of rotatable bonds is 36. The molecule has 0 fully saturated rings. The van der Waals surface area contributed by atoms with Crippen LogP contribution in [0.3, 0.4) is 0 Å². The van der Waals surface area contributed by atoms with Gasteiger partial charge in [0.2, 0.25) is 0 Å². The Labute approximate surface area is 283 Å². The molecule has 2 atom stereocenters. The molecule has 1 unspecified atom stereocenters. The van der Waals surface area contributed by atoms with Crippen molar-refractivity contribution >= 4 is 13.8 Å². The number of unbranched alkanes of at least 4 members (excludes halogenated alkanes) is 21. The fraction of sp³-hybridized carbons (Fsp3) is 0.865. The number of ether oxygens (including phenoxy) is 2. The minimum Gasteiger partial charge on any atom is -0.492 e. The van der Waals surface area contributed by atoms with Crippen LogP contribution in [0.1, 0.15) is 174 Å². The summed E-state index contributed by atoms with van der Waals surface area (Å²) < 4.78 is 33.0. The first-order valence-corrected chi connectivity index (χ1v) is 20.4. The minimum absolute atomic E-state index is 0.0650. The second kappa shape index (κ2) is 35.1. The molecule has 0 radical (unpaired) electrons. The van der Waals surface area contributed by atoms with Crippen molar-refractivity contribution in [2.75, 3.05) is 26.4 Å². The van der Waals surface area contributed by atoms with Crippen LogP contribution in [0.15, 0.2) is 24.5 Å². The van der Waals surface area contributed by atoms with Crippen molar-refractivity contribution in [3.8, 4) is 0 Å². The average Bonchev–Trinajstić information content (AvgIpc) is 3.05. The summed E-state index contributed by atoms with van der Waals surface area (Å²) in [6, 6.07) is 0. The average molecular weight is 674 g/mol. The number of esters is 1. The molecule has 0 bridgehead atoms. The van der Waals surface area contributed by atoms with E-state index in [4.69, 9.17) is 24.3 Å². The molecular weight excluding hydrogens is 601 g/mol. The third-order valence-corrected chi connectivity index (χ3v) is 8.94. The van der Waals surface area contributed by atoms with Crippen molar-refractivity contribution in [2.45, 2.75) is 180 Å². The molecule has 46 heavy (non-hydrogen) atoms. The van der Waals surface area contributed by atoms with E-state index in [9.17, 15) is 14.3 Å². The van der Waals surface area contributed by atoms with Crippen LogP contribution in [0.25, 0.3) is 0 Å². The molecule has 9 heteroatoms. The topological polar surface area (TPSA) is 117 Å². The largest absolute Gasteiger partial charge is 0.492 e. The summed E-state index contributed by atoms with van der Waals surface area (Å²) in [5, 5.41) is 0. The number of hydrogen-bond donors (Lipinski definition) is 2. The Hall–Kier alpha value is -1.18. The Bertz CT molecular complexity index is 762. The van der Waals surface area contributed by atoms with Gasteiger partial charge in [0, 0.05) is 13.0 Å². The van der Waals surface area contributed by atoms with Crippen molar-refractivity contribution in [3.05, 3.63) is 24.5 Å². The third-order valence-electron chi connectivity index (χ3n) is 7.96. The summed E-state index contributed by atoms with van der Waals surface area (Å²) in [7, 11) is -4.26. The highest BCUT2D eigenvalue weighted by molar-refractivity contribution is 7.47. The first-order valence-electron chi connectivity index (χ1n) is 18.9. The Kier molecular flexibility index (Phi) is 34.2. The fourth-order valence-corrected chi connectivity index (χ4v) is 5.86. The minimum atomic E-state index is -4.26. The van der Waals surface area contributed by atoms with Crippen LogP contribution in [-0.2, 0) is 27.9 Å². The van der Waals surface area contributed by atoms with E-state index >= 15 is 0 Å². The molecule has 8 nitrogen and oxygen atoms in total. The first-order chi connectivity index (χ1) is 22.4. The van der Waals surface area contributed by atoms with Crippen LogP contribution in [0.2, 0.25) is 0 Å². The number of carbonyl (C=O) groups excluding carboxylic acids is 1. The molecule has 0 heterocycles. The molecule has 0 aliphatic heterocycles. The lowest BCUT2D eigenvalue weighted by atomic mass is 10.1. The van der Waals surface area contributed by atoms with E-state index in [2.05, 4.69) is 26.0 Å². The summed E-state index contributed by atoms with van der Waals surface area (Å²) in [6.45, 7) is 4.19. The molecule has 0 aliphatic rings. The maximum atomic E-state index is 12.3. The lowest BCUT2D eigenvalue weighted by molar-refractivity contribution is -0.147. The number of phosphoric ester groups is 1. The van der Waals surface area contributed by atoms with Gasteiger partial charge < -0.3 is 20.1 Å². The van der Waals surface area contributed by atoms with E-state index in [-0.39, 0.29) is 32.3 Å². The zero-order chi connectivity index (χ0) is 33.8. The Morgan fingerprint density at radius 3 is 1.61 bits per heavy atom. The smallest absolute Gasteiger partial charge is 0.472 e. The molecule has 0 saturated carbocycles. The summed E-state index contributed by atoms with van der Waals surface area (Å²) in [4.78, 5) is 22.1. The third kappa shape index (κ3) is 34.2. The molecule has 3 N–H and O–H groups in total. The highest BCUT2D eigenvalue weighted by Gasteiger charge is 2.24. The molecule has 0 amide bonds. The predicted molar refractivity (Wildman–Crippen MR) is 192 cm³/mol. The predicted octanol–water partition coefficient (Wildman–Crippen LogP) is 10.9. The van der Waals surface area contributed by atoms with E-state index in [1.165, 1.54) is 109 Å². The van der Waals surface area contributed by atoms with E-state index in [0.717, 1.165) is 44.9 Å². The Balaban J connectivity index is 4.16. The van der Waals surface area contributed by atoms with Gasteiger partial charge >= 0.3 is 13.8 Å². The normalized spacial score (nSPS) is 13.8. The van der Waals surface area contributed by atoms with Crippen molar-refractivity contribution in [2.24, 2.45) is 5.73 Å². The molecule has 0 aromatic heterocycles. The number of nitrogens with two attached hydrogens (primary N) is 1. The maximum absolute atomic E-state index is 12.3. The van der Waals surface area contributed by atoms with Gasteiger partial charge in [-0.05, 0) is 51.0 Å². The van der Waals surface area contributed by atoms with Crippen molar-refractivity contribution < 1.29 is 32.8 Å². The van der Waals surface area contributed by atoms with Gasteiger partial charge in [0.15, 0.2) is 6.10 Å². The van der Waals surface area contributed by atoms with Gasteiger partial charge in [-0.25, -0.2) is 4.57 Å². The van der Waals surface area contributed by atoms with Gasteiger partial charge in [-0.15, -0.1) is 0 Å². The van der Waals surface area contributed by atoms with Crippen LogP contribution in [0.5, 0.6) is 0 Å². The molecule has 0 spiro atoms. The highest BCUT2D eigenvalue weighted by Crippen LogP contribution is 2.43. The van der Waals surface area contributed by atoms with Gasteiger partial charge in [0.1, 0.15) is 6.61 Å². The van der Waals surface area contributed by atoms with E-state index in [1.807, 2.05) is 6.08 Å². The van der Waals surface area contributed by atoms with Crippen LogP contribution in [0.4, 0.5) is 0 Å². The lowest BCUT2D eigenvalue weighted by Crippen LogP contribution is -2.25. The van der Waals surface area contributed by atoms with E-state index in [1.54, 1.807) is 6.26 Å². The molecule has 0 aliphatic carbocycles. The summed E-state index contributed by atoms with van der Waals surface area (Å²) in [5.74, 6) is -0.294. The van der Waals surface area contributed by atoms with Gasteiger partial charge in [-0.1, -0.05) is 135 Å². The van der Waals surface area contributed by atoms with Crippen LogP contribution in [-0.4, -0.2) is 43.3 Å². The molecule has 0 saturated heterocycles. The summed E-state index contributed by atoms with van der Waals surface area (Å²) in [6.07, 6.45) is 37.2. The molecule has 0 aromatic rings. The van der Waals surface area contributed by atoms with Crippen molar-refractivity contribution in [1.82, 2.24) is 0 Å². The van der Waals surface area contributed by atoms with Gasteiger partial charge in [0.25, 0.3) is 0 Å². The van der Waals surface area contributed by atoms with Gasteiger partial charge in [0.05, 0.1) is 19.5 Å². The van der Waals surface area contributed by atoms with Gasteiger partial charge in [-0.3, -0.25) is 13.8 Å². The Morgan fingerprint density at radius 2 is 1.11 bits per heavy atom. The highest BCUT2D eigenvalue weighted by atomic mass is 31.2. The second-order valence-corrected chi connectivity index (χ2v) is 14.0. The van der Waals surface area contributed by atoms with Crippen molar-refractivity contribution in [1.29, 1.82) is 0 Å². The zero-order valence-corrected chi connectivity index (χ0v) is 30.7. The van der Waals surface area contributed by atoms with E-state index < -0.39 is 13.9 Å². The molecule has 272 valence electrons. The zero-order valence-electron chi connectivity index (χ0n) is 29.8. The summed E-state index contributed by atoms with van der Waals surface area (Å²) in [5.41, 5.74) is 5.34. The van der Waals surface area contributed by atoms with Gasteiger partial charge in [-0.2, -0.15) is 0 Å². The first kappa shape index (κ1) is 44.8. The maximum Gasteiger partial charge on any atom is 0.472 e.